The van der Waals surface area contributed by atoms with E-state index in [0.29, 0.717) is 12.0 Å². The maximum Gasteiger partial charge on any atom is 0.233 e. The average molecular weight is 323 g/mol. The van der Waals surface area contributed by atoms with Gasteiger partial charge in [-0.2, -0.15) is 0 Å². The van der Waals surface area contributed by atoms with Crippen molar-refractivity contribution in [3.63, 3.8) is 0 Å². The predicted molar refractivity (Wildman–Crippen MR) is 82.4 cm³/mol. The number of halogens is 1. The van der Waals surface area contributed by atoms with Gasteiger partial charge in [-0.05, 0) is 36.0 Å². The maximum absolute atomic E-state index is 11.2. The van der Waals surface area contributed by atoms with Gasteiger partial charge in [0.1, 0.15) is 0 Å². The minimum atomic E-state index is -3.48. The Morgan fingerprint density at radius 3 is 2.30 bits per heavy atom. The van der Waals surface area contributed by atoms with Crippen molar-refractivity contribution in [3.8, 4) is 0 Å². The molecule has 0 saturated heterocycles. The molecule has 0 amide bonds. The van der Waals surface area contributed by atoms with Crippen molar-refractivity contribution in [1.29, 1.82) is 0 Å². The van der Waals surface area contributed by atoms with Crippen LogP contribution in [-0.2, 0) is 13.8 Å². The van der Waals surface area contributed by atoms with Crippen LogP contribution in [0.3, 0.4) is 0 Å². The number of rotatable bonds is 5. The molecule has 2 saturated carbocycles. The van der Waals surface area contributed by atoms with Gasteiger partial charge in [0.05, 0.1) is 18.5 Å². The monoisotopic (exact) mass is 322 g/mol. The van der Waals surface area contributed by atoms with Gasteiger partial charge in [0, 0.05) is 16.1 Å². The fourth-order valence-corrected chi connectivity index (χ4v) is 6.12. The molecule has 118 valence electrons. The smallest absolute Gasteiger partial charge is 0.233 e. The fraction of sp³-hybridized carbons (Fsp3) is 1.00. The molecule has 0 aromatic rings. The molecule has 0 spiro atoms. The Hall–Kier alpha value is 0.200. The molecule has 3 atom stereocenters. The Kier molecular flexibility index (Phi) is 4.02. The second kappa shape index (κ2) is 4.85. The molecule has 2 rings (SSSR count). The summed E-state index contributed by atoms with van der Waals surface area (Å²) in [7, 11) is 1.88. The molecule has 0 radical (unpaired) electrons. The summed E-state index contributed by atoms with van der Waals surface area (Å²) in [6.45, 7) is 11.3. The molecule has 2 aliphatic rings. The summed E-state index contributed by atoms with van der Waals surface area (Å²) < 4.78 is 28.7. The third kappa shape index (κ3) is 2.89. The first-order valence-electron chi connectivity index (χ1n) is 7.41. The van der Waals surface area contributed by atoms with E-state index in [0.717, 1.165) is 12.3 Å². The zero-order valence-electron chi connectivity index (χ0n) is 13.2. The van der Waals surface area contributed by atoms with Gasteiger partial charge in [0.2, 0.25) is 9.05 Å². The van der Waals surface area contributed by atoms with Crippen LogP contribution in [0, 0.1) is 22.2 Å². The van der Waals surface area contributed by atoms with E-state index in [-0.39, 0.29) is 17.3 Å². The first-order valence-corrected chi connectivity index (χ1v) is 9.89. The number of hydrogen-bond acceptors (Lipinski definition) is 3. The third-order valence-corrected chi connectivity index (χ3v) is 7.41. The van der Waals surface area contributed by atoms with Crippen LogP contribution < -0.4 is 0 Å². The summed E-state index contributed by atoms with van der Waals surface area (Å²) in [5, 5.41) is 0. The first kappa shape index (κ1) is 16.6. The highest BCUT2D eigenvalue weighted by molar-refractivity contribution is 8.13. The Labute approximate surface area is 127 Å². The lowest BCUT2D eigenvalue weighted by molar-refractivity contribution is -0.0687. The van der Waals surface area contributed by atoms with Gasteiger partial charge in [-0.25, -0.2) is 8.42 Å². The van der Waals surface area contributed by atoms with E-state index in [9.17, 15) is 8.42 Å². The lowest BCUT2D eigenvalue weighted by atomic mass is 9.70. The van der Waals surface area contributed by atoms with Crippen LogP contribution in [0.4, 0.5) is 0 Å². The van der Waals surface area contributed by atoms with Crippen molar-refractivity contribution < 1.29 is 13.2 Å². The van der Waals surface area contributed by atoms with Gasteiger partial charge in [-0.15, -0.1) is 0 Å². The van der Waals surface area contributed by atoms with E-state index in [1.54, 1.807) is 0 Å². The quantitative estimate of drug-likeness (QED) is 0.723. The fourth-order valence-electron chi connectivity index (χ4n) is 4.22. The minimum Gasteiger partial charge on any atom is -0.377 e. The Balaban J connectivity index is 2.00. The van der Waals surface area contributed by atoms with Gasteiger partial charge in [-0.1, -0.05) is 34.6 Å². The van der Waals surface area contributed by atoms with Gasteiger partial charge in [-0.3, -0.25) is 0 Å². The van der Waals surface area contributed by atoms with E-state index in [1.807, 2.05) is 13.8 Å². The third-order valence-electron chi connectivity index (χ3n) is 5.95. The first-order chi connectivity index (χ1) is 8.87. The van der Waals surface area contributed by atoms with Gasteiger partial charge >= 0.3 is 0 Å². The van der Waals surface area contributed by atoms with Crippen molar-refractivity contribution in [3.05, 3.63) is 0 Å². The second-order valence-corrected chi connectivity index (χ2v) is 11.0. The molecule has 0 heterocycles. The average Bonchev–Trinajstić information content (AvgIpc) is 2.55. The lowest BCUT2D eigenvalue weighted by Gasteiger charge is -2.40. The minimum absolute atomic E-state index is 0.0438. The molecule has 2 bridgehead atoms. The molecule has 5 heteroatoms. The van der Waals surface area contributed by atoms with Gasteiger partial charge in [0.25, 0.3) is 0 Å². The summed E-state index contributed by atoms with van der Waals surface area (Å²) in [6, 6.07) is 0. The number of ether oxygens (including phenoxy) is 1. The van der Waals surface area contributed by atoms with Crippen molar-refractivity contribution in [2.24, 2.45) is 22.2 Å². The Bertz CT molecular complexity index is 483. The Morgan fingerprint density at radius 1 is 1.30 bits per heavy atom. The molecule has 3 nitrogen and oxygen atoms in total. The SMILES string of the molecule is CC(C)(COC1CC2CCC1(C)C2(C)C)CS(=O)(=O)Cl. The highest BCUT2D eigenvalue weighted by Gasteiger charge is 2.61. The maximum atomic E-state index is 11.2. The van der Waals surface area contributed by atoms with E-state index in [1.165, 1.54) is 12.8 Å². The zero-order chi connectivity index (χ0) is 15.4. The van der Waals surface area contributed by atoms with E-state index < -0.39 is 14.5 Å². The van der Waals surface area contributed by atoms with Crippen molar-refractivity contribution in [2.75, 3.05) is 12.4 Å². The summed E-state index contributed by atoms with van der Waals surface area (Å²) in [5.74, 6) is 0.690. The molecule has 2 fully saturated rings. The Morgan fingerprint density at radius 2 is 1.90 bits per heavy atom. The highest BCUT2D eigenvalue weighted by atomic mass is 35.7. The zero-order valence-corrected chi connectivity index (χ0v) is 14.8. The second-order valence-electron chi connectivity index (χ2n) is 8.26. The van der Waals surface area contributed by atoms with Crippen LogP contribution >= 0.6 is 10.7 Å². The van der Waals surface area contributed by atoms with Crippen molar-refractivity contribution >= 4 is 19.7 Å². The van der Waals surface area contributed by atoms with Gasteiger partial charge < -0.3 is 4.74 Å². The van der Waals surface area contributed by atoms with E-state index in [4.69, 9.17) is 15.4 Å². The largest absolute Gasteiger partial charge is 0.377 e. The normalized spacial score (nSPS) is 36.5. The molecular formula is C15H27ClO3S. The number of fused-ring (bicyclic) bond motifs is 2. The van der Waals surface area contributed by atoms with E-state index >= 15 is 0 Å². The lowest BCUT2D eigenvalue weighted by Crippen LogP contribution is -2.39. The topological polar surface area (TPSA) is 43.4 Å². The molecule has 20 heavy (non-hydrogen) atoms. The van der Waals surface area contributed by atoms with Crippen LogP contribution in [0.15, 0.2) is 0 Å². The molecule has 0 aliphatic heterocycles. The summed E-state index contributed by atoms with van der Waals surface area (Å²) >= 11 is 0. The standard InChI is InChI=1S/C15H27ClO3S/c1-13(2,10-20(16,17)18)9-19-12-8-11-6-7-15(12,5)14(11,3)4/h11-12H,6-10H2,1-5H3. The van der Waals surface area contributed by atoms with Crippen LogP contribution in [0.5, 0.6) is 0 Å². The van der Waals surface area contributed by atoms with Gasteiger partial charge in [0.15, 0.2) is 0 Å². The van der Waals surface area contributed by atoms with Crippen molar-refractivity contribution in [1.82, 2.24) is 0 Å². The summed E-state index contributed by atoms with van der Waals surface area (Å²) in [6.07, 6.45) is 3.85. The predicted octanol–water partition coefficient (Wildman–Crippen LogP) is 3.81. The van der Waals surface area contributed by atoms with Crippen LogP contribution in [0.2, 0.25) is 0 Å². The molecule has 3 unspecified atom stereocenters. The van der Waals surface area contributed by atoms with Crippen LogP contribution in [0.25, 0.3) is 0 Å². The number of hydrogen-bond donors (Lipinski definition) is 0. The molecular weight excluding hydrogens is 296 g/mol. The van der Waals surface area contributed by atoms with Crippen LogP contribution in [0.1, 0.15) is 53.9 Å². The molecule has 0 N–H and O–H groups in total. The molecule has 2 aliphatic carbocycles. The van der Waals surface area contributed by atoms with Crippen LogP contribution in [-0.4, -0.2) is 26.9 Å². The van der Waals surface area contributed by atoms with Crippen molar-refractivity contribution in [2.45, 2.75) is 60.0 Å². The molecule has 0 aromatic carbocycles. The van der Waals surface area contributed by atoms with E-state index in [2.05, 4.69) is 20.8 Å². The summed E-state index contributed by atoms with van der Waals surface area (Å²) in [4.78, 5) is 0. The highest BCUT2D eigenvalue weighted by Crippen LogP contribution is 2.66. The molecule has 0 aromatic heterocycles. The summed E-state index contributed by atoms with van der Waals surface area (Å²) in [5.41, 5.74) is 0.0941.